The van der Waals surface area contributed by atoms with E-state index < -0.39 is 11.6 Å². The fourth-order valence-electron chi connectivity index (χ4n) is 2.40. The van der Waals surface area contributed by atoms with Crippen molar-refractivity contribution in [1.29, 1.82) is 0 Å². The molecule has 1 aromatic rings. The molecule has 0 N–H and O–H groups in total. The molecule has 1 aromatic carbocycles. The number of anilines is 1. The van der Waals surface area contributed by atoms with Crippen LogP contribution >= 0.6 is 11.6 Å². The van der Waals surface area contributed by atoms with Crippen molar-refractivity contribution in [2.24, 2.45) is 0 Å². The highest BCUT2D eigenvalue weighted by molar-refractivity contribution is 6.17. The summed E-state index contributed by atoms with van der Waals surface area (Å²) in [5, 5.41) is 0. The van der Waals surface area contributed by atoms with Crippen molar-refractivity contribution < 1.29 is 8.78 Å². The second-order valence-corrected chi connectivity index (χ2v) is 4.85. The lowest BCUT2D eigenvalue weighted by atomic mass is 10.0. The zero-order valence-electron chi connectivity index (χ0n) is 9.85. The summed E-state index contributed by atoms with van der Waals surface area (Å²) in [7, 11) is 0. The average molecular weight is 260 g/mol. The molecule has 1 unspecified atom stereocenters. The van der Waals surface area contributed by atoms with Crippen LogP contribution in [0.25, 0.3) is 0 Å². The molecule has 0 spiro atoms. The zero-order valence-corrected chi connectivity index (χ0v) is 10.6. The predicted octanol–water partition coefficient (Wildman–Crippen LogP) is 4.08. The van der Waals surface area contributed by atoms with Gasteiger partial charge >= 0.3 is 0 Å². The third-order valence-corrected chi connectivity index (χ3v) is 3.63. The van der Waals surface area contributed by atoms with Crippen LogP contribution in [-0.4, -0.2) is 12.6 Å². The van der Waals surface area contributed by atoms with E-state index in [1.54, 1.807) is 0 Å². The monoisotopic (exact) mass is 259 g/mol. The number of hydrogen-bond donors (Lipinski definition) is 0. The van der Waals surface area contributed by atoms with E-state index in [-0.39, 0.29) is 17.6 Å². The summed E-state index contributed by atoms with van der Waals surface area (Å²) in [4.78, 5) is 1.83. The lowest BCUT2D eigenvalue weighted by Gasteiger charge is -2.35. The van der Waals surface area contributed by atoms with Crippen LogP contribution in [0, 0.1) is 11.6 Å². The van der Waals surface area contributed by atoms with Crippen LogP contribution in [0.4, 0.5) is 14.5 Å². The van der Waals surface area contributed by atoms with Crippen LogP contribution in [0.2, 0.25) is 0 Å². The molecule has 4 heteroatoms. The van der Waals surface area contributed by atoms with Crippen molar-refractivity contribution in [2.45, 2.75) is 38.1 Å². The van der Waals surface area contributed by atoms with E-state index in [4.69, 9.17) is 11.6 Å². The highest BCUT2D eigenvalue weighted by Crippen LogP contribution is 2.30. The van der Waals surface area contributed by atoms with Gasteiger partial charge in [0.1, 0.15) is 17.3 Å². The van der Waals surface area contributed by atoms with Gasteiger partial charge in [-0.2, -0.15) is 0 Å². The summed E-state index contributed by atoms with van der Waals surface area (Å²) in [6.07, 6.45) is 3.09. The maximum absolute atomic E-state index is 13.9. The van der Waals surface area contributed by atoms with Crippen molar-refractivity contribution in [3.63, 3.8) is 0 Å². The average Bonchev–Trinajstić information content (AvgIpc) is 2.30. The van der Waals surface area contributed by atoms with Gasteiger partial charge in [-0.05, 0) is 43.9 Å². The van der Waals surface area contributed by atoms with Gasteiger partial charge in [0.15, 0.2) is 0 Å². The summed E-state index contributed by atoms with van der Waals surface area (Å²) < 4.78 is 27.8. The summed E-state index contributed by atoms with van der Waals surface area (Å²) in [5.41, 5.74) is 0.584. The number of alkyl halides is 1. The first-order valence-corrected chi connectivity index (χ1v) is 6.47. The van der Waals surface area contributed by atoms with Crippen LogP contribution in [0.1, 0.15) is 31.7 Å². The SMILES string of the molecule is CC1CCCCN1c1c(F)cc(CCl)cc1F. The summed E-state index contributed by atoms with van der Waals surface area (Å²) in [6.45, 7) is 2.72. The molecule has 0 radical (unpaired) electrons. The Morgan fingerprint density at radius 2 is 1.94 bits per heavy atom. The molecule has 0 bridgehead atoms. The van der Waals surface area contributed by atoms with Crippen molar-refractivity contribution in [2.75, 3.05) is 11.4 Å². The molecule has 0 saturated carbocycles. The van der Waals surface area contributed by atoms with Gasteiger partial charge in [-0.3, -0.25) is 0 Å². The van der Waals surface area contributed by atoms with Gasteiger partial charge < -0.3 is 4.90 Å². The topological polar surface area (TPSA) is 3.24 Å². The Hall–Kier alpha value is -0.830. The second kappa shape index (κ2) is 5.21. The number of benzene rings is 1. The van der Waals surface area contributed by atoms with E-state index in [2.05, 4.69) is 0 Å². The van der Waals surface area contributed by atoms with Crippen molar-refractivity contribution >= 4 is 17.3 Å². The molecule has 1 saturated heterocycles. The lowest BCUT2D eigenvalue weighted by molar-refractivity contribution is 0.464. The second-order valence-electron chi connectivity index (χ2n) is 4.58. The summed E-state index contributed by atoms with van der Waals surface area (Å²) >= 11 is 5.59. The lowest BCUT2D eigenvalue weighted by Crippen LogP contribution is -2.38. The number of hydrogen-bond acceptors (Lipinski definition) is 1. The molecule has 1 heterocycles. The summed E-state index contributed by atoms with van der Waals surface area (Å²) in [5.74, 6) is -0.882. The first kappa shape index (κ1) is 12.6. The van der Waals surface area contributed by atoms with Crippen molar-refractivity contribution in [3.8, 4) is 0 Å². The normalized spacial score (nSPS) is 20.7. The highest BCUT2D eigenvalue weighted by atomic mass is 35.5. The molecular formula is C13H16ClF2N. The largest absolute Gasteiger partial charge is 0.364 e. The van der Waals surface area contributed by atoms with E-state index in [1.165, 1.54) is 12.1 Å². The van der Waals surface area contributed by atoms with Gasteiger partial charge in [-0.25, -0.2) is 8.78 Å². The molecule has 2 rings (SSSR count). The van der Waals surface area contributed by atoms with E-state index >= 15 is 0 Å². The van der Waals surface area contributed by atoms with Crippen LogP contribution in [-0.2, 0) is 5.88 Å². The molecule has 1 aliphatic rings. The first-order valence-electron chi connectivity index (χ1n) is 5.94. The minimum atomic E-state index is -0.505. The zero-order chi connectivity index (χ0) is 12.4. The molecule has 1 aliphatic heterocycles. The minimum absolute atomic E-state index is 0.103. The first-order chi connectivity index (χ1) is 8.13. The molecule has 0 aromatic heterocycles. The third kappa shape index (κ3) is 2.54. The Morgan fingerprint density at radius 3 is 2.47 bits per heavy atom. The Kier molecular flexibility index (Phi) is 3.87. The Balaban J connectivity index is 2.37. The Bertz CT molecular complexity index is 385. The smallest absolute Gasteiger partial charge is 0.149 e. The molecule has 94 valence electrons. The molecule has 1 nitrogen and oxygen atoms in total. The fourth-order valence-corrected chi connectivity index (χ4v) is 2.55. The van der Waals surface area contributed by atoms with Crippen LogP contribution in [0.3, 0.4) is 0 Å². The van der Waals surface area contributed by atoms with Gasteiger partial charge in [-0.1, -0.05) is 0 Å². The summed E-state index contributed by atoms with van der Waals surface area (Å²) in [6, 6.07) is 2.84. The third-order valence-electron chi connectivity index (χ3n) is 3.32. The number of piperidine rings is 1. The van der Waals surface area contributed by atoms with E-state index in [0.717, 1.165) is 25.8 Å². The van der Waals surface area contributed by atoms with Gasteiger partial charge in [0.2, 0.25) is 0 Å². The van der Waals surface area contributed by atoms with Crippen LogP contribution < -0.4 is 4.90 Å². The number of halogens is 3. The molecule has 0 aliphatic carbocycles. The van der Waals surface area contributed by atoms with E-state index in [9.17, 15) is 8.78 Å². The molecule has 0 amide bonds. The quantitative estimate of drug-likeness (QED) is 0.724. The highest BCUT2D eigenvalue weighted by Gasteiger charge is 2.24. The maximum atomic E-state index is 13.9. The Morgan fingerprint density at radius 1 is 1.29 bits per heavy atom. The van der Waals surface area contributed by atoms with E-state index in [1.807, 2.05) is 11.8 Å². The number of nitrogens with zero attached hydrogens (tertiary/aromatic N) is 1. The predicted molar refractivity (Wildman–Crippen MR) is 66.6 cm³/mol. The molecule has 1 fully saturated rings. The molecule has 1 atom stereocenters. The van der Waals surface area contributed by atoms with Gasteiger partial charge in [0.05, 0.1) is 0 Å². The van der Waals surface area contributed by atoms with Gasteiger partial charge in [0, 0.05) is 18.5 Å². The maximum Gasteiger partial charge on any atom is 0.149 e. The minimum Gasteiger partial charge on any atom is -0.364 e. The van der Waals surface area contributed by atoms with Gasteiger partial charge in [-0.15, -0.1) is 11.6 Å². The Labute approximate surface area is 105 Å². The van der Waals surface area contributed by atoms with Crippen LogP contribution in [0.15, 0.2) is 12.1 Å². The van der Waals surface area contributed by atoms with Crippen molar-refractivity contribution in [3.05, 3.63) is 29.3 Å². The van der Waals surface area contributed by atoms with Crippen LogP contribution in [0.5, 0.6) is 0 Å². The van der Waals surface area contributed by atoms with Gasteiger partial charge in [0.25, 0.3) is 0 Å². The molecular weight excluding hydrogens is 244 g/mol. The number of rotatable bonds is 2. The standard InChI is InChI=1S/C13H16ClF2N/c1-9-4-2-3-5-17(9)13-11(15)6-10(8-14)7-12(13)16/h6-7,9H,2-5,8H2,1H3. The fraction of sp³-hybridized carbons (Fsp3) is 0.538. The molecule has 17 heavy (non-hydrogen) atoms. The van der Waals surface area contributed by atoms with E-state index in [0.29, 0.717) is 5.56 Å². The van der Waals surface area contributed by atoms with Crippen molar-refractivity contribution in [1.82, 2.24) is 0 Å².